The van der Waals surface area contributed by atoms with E-state index in [0.29, 0.717) is 79.9 Å². The van der Waals surface area contributed by atoms with E-state index in [-0.39, 0.29) is 12.1 Å². The van der Waals surface area contributed by atoms with Crippen molar-refractivity contribution in [2.45, 2.75) is 88.7 Å². The van der Waals surface area contributed by atoms with E-state index in [1.807, 2.05) is 25.3 Å². The molecule has 1 saturated carbocycles. The molecule has 16 nitrogen and oxygen atoms in total. The lowest BCUT2D eigenvalue weighted by Gasteiger charge is -2.43. The highest BCUT2D eigenvalue weighted by Gasteiger charge is 2.42. The van der Waals surface area contributed by atoms with Gasteiger partial charge in [-0.1, -0.05) is 6.07 Å². The molecule has 0 amide bonds. The molecular formula is C36H47N11O5. The fourth-order valence-electron chi connectivity index (χ4n) is 7.54. The third kappa shape index (κ3) is 8.67. The summed E-state index contributed by atoms with van der Waals surface area (Å²) in [5.41, 5.74) is 2.74. The molecule has 4 aromatic rings. The standard InChI is InChI=1S/C36H47N11O5/c1-25(20-45-24-40-43-44-45)52-34-16-26(4-5-27(34)17-37)28-18-38-36(39-19-28)41-33-21-46(42-35(33)51-13-3-12-49-15-14-48-2)29-6-8-30(9-7-29)47-31-10-11-32(47)23-50-22-31/h4-5,16,18-19,21,24-25,29-32H,3,6-15,20,22-23H2,1-2H3,(H,38,39,41)/t25-,29?,30?,31-,32+/m0/s1. The van der Waals surface area contributed by atoms with Crippen LogP contribution < -0.4 is 14.8 Å². The maximum atomic E-state index is 9.70. The van der Waals surface area contributed by atoms with Crippen LogP contribution in [0.4, 0.5) is 11.6 Å². The molecule has 1 N–H and O–H groups in total. The van der Waals surface area contributed by atoms with Crippen molar-refractivity contribution in [2.75, 3.05) is 52.1 Å². The molecule has 7 rings (SSSR count). The zero-order valence-electron chi connectivity index (χ0n) is 29.8. The molecule has 3 fully saturated rings. The van der Waals surface area contributed by atoms with Crippen molar-refractivity contribution < 1.29 is 23.7 Å². The predicted molar refractivity (Wildman–Crippen MR) is 189 cm³/mol. The Balaban J connectivity index is 1.01. The van der Waals surface area contributed by atoms with E-state index in [1.54, 1.807) is 30.3 Å². The summed E-state index contributed by atoms with van der Waals surface area (Å²) in [6, 6.07) is 9.69. The first-order chi connectivity index (χ1) is 25.6. The Morgan fingerprint density at radius 2 is 1.73 bits per heavy atom. The molecular weight excluding hydrogens is 666 g/mol. The van der Waals surface area contributed by atoms with Crippen molar-refractivity contribution >= 4 is 11.6 Å². The number of hydrogen-bond acceptors (Lipinski definition) is 14. The van der Waals surface area contributed by atoms with Crippen LogP contribution >= 0.6 is 0 Å². The minimum Gasteiger partial charge on any atom is -0.487 e. The summed E-state index contributed by atoms with van der Waals surface area (Å²) in [5, 5.41) is 29.2. The van der Waals surface area contributed by atoms with Crippen LogP contribution in [0.1, 0.15) is 63.5 Å². The molecule has 3 aliphatic rings. The molecule has 52 heavy (non-hydrogen) atoms. The molecule has 0 unspecified atom stereocenters. The van der Waals surface area contributed by atoms with Crippen molar-refractivity contribution in [1.29, 1.82) is 5.26 Å². The molecule has 1 aromatic carbocycles. The number of tetrazole rings is 1. The molecule has 1 aliphatic carbocycles. The summed E-state index contributed by atoms with van der Waals surface area (Å²) >= 11 is 0. The van der Waals surface area contributed by atoms with Crippen molar-refractivity contribution in [3.8, 4) is 28.8 Å². The van der Waals surface area contributed by atoms with Crippen LogP contribution in [0.15, 0.2) is 43.1 Å². The van der Waals surface area contributed by atoms with Gasteiger partial charge in [-0.25, -0.2) is 14.6 Å². The van der Waals surface area contributed by atoms with E-state index in [9.17, 15) is 5.26 Å². The van der Waals surface area contributed by atoms with Gasteiger partial charge in [-0.2, -0.15) is 5.26 Å². The molecule has 2 bridgehead atoms. The first kappa shape index (κ1) is 35.7. The lowest BCUT2D eigenvalue weighted by atomic mass is 9.89. The summed E-state index contributed by atoms with van der Waals surface area (Å²) in [5.74, 6) is 1.40. The van der Waals surface area contributed by atoms with Crippen LogP contribution in [0.3, 0.4) is 0 Å². The van der Waals surface area contributed by atoms with Crippen molar-refractivity contribution in [3.05, 3.63) is 48.7 Å². The van der Waals surface area contributed by atoms with Gasteiger partial charge in [0.25, 0.3) is 5.88 Å². The highest BCUT2D eigenvalue weighted by atomic mass is 16.5. The van der Waals surface area contributed by atoms with Gasteiger partial charge in [0.15, 0.2) is 0 Å². The Morgan fingerprint density at radius 3 is 2.46 bits per heavy atom. The molecule has 0 radical (unpaired) electrons. The van der Waals surface area contributed by atoms with Gasteiger partial charge in [-0.05, 0) is 73.6 Å². The average Bonchev–Trinajstić information content (AvgIpc) is 3.89. The quantitative estimate of drug-likeness (QED) is 0.154. The number of hydrogen-bond donors (Lipinski definition) is 1. The number of ether oxygens (including phenoxy) is 5. The zero-order valence-corrected chi connectivity index (χ0v) is 29.8. The van der Waals surface area contributed by atoms with Crippen LogP contribution in [0.25, 0.3) is 11.1 Å². The summed E-state index contributed by atoms with van der Waals surface area (Å²) in [6.45, 7) is 6.24. The summed E-state index contributed by atoms with van der Waals surface area (Å²) in [6.07, 6.45) is 14.4. The Labute approximate surface area is 303 Å². The van der Waals surface area contributed by atoms with Crippen LogP contribution in [0, 0.1) is 11.3 Å². The largest absolute Gasteiger partial charge is 0.487 e. The third-order valence-corrected chi connectivity index (χ3v) is 10.1. The van der Waals surface area contributed by atoms with E-state index in [2.05, 4.69) is 46.5 Å². The average molecular weight is 714 g/mol. The summed E-state index contributed by atoms with van der Waals surface area (Å²) in [4.78, 5) is 12.0. The van der Waals surface area contributed by atoms with Gasteiger partial charge in [0.05, 0.1) is 57.4 Å². The Morgan fingerprint density at radius 1 is 0.962 bits per heavy atom. The number of anilines is 2. The second-order valence-electron chi connectivity index (χ2n) is 13.7. The van der Waals surface area contributed by atoms with E-state index >= 15 is 0 Å². The maximum Gasteiger partial charge on any atom is 0.256 e. The topological polar surface area (TPSA) is 172 Å². The van der Waals surface area contributed by atoms with Crippen molar-refractivity contribution in [2.24, 2.45) is 0 Å². The van der Waals surface area contributed by atoms with Gasteiger partial charge in [0, 0.05) is 56.2 Å². The molecule has 16 heteroatoms. The minimum atomic E-state index is -0.274. The SMILES string of the molecule is COCCOCCCOc1nn(C2CCC(N3[C@@H]4CC[C@H]3COC4)CC2)cc1Nc1ncc(-c2ccc(C#N)c(O[C@@H](C)Cn3cnnn3)c2)cn1. The number of methoxy groups -OCH3 is 1. The number of benzene rings is 1. The molecule has 0 spiro atoms. The fourth-order valence-corrected chi connectivity index (χ4v) is 7.54. The molecule has 2 aliphatic heterocycles. The number of morpholine rings is 1. The molecule has 3 aromatic heterocycles. The third-order valence-electron chi connectivity index (χ3n) is 10.1. The monoisotopic (exact) mass is 713 g/mol. The van der Waals surface area contributed by atoms with Crippen molar-refractivity contribution in [1.82, 2.24) is 44.9 Å². The number of nitrogens with zero attached hydrogens (tertiary/aromatic N) is 10. The van der Waals surface area contributed by atoms with Gasteiger partial charge in [0.1, 0.15) is 29.9 Å². The Kier molecular flexibility index (Phi) is 11.8. The highest BCUT2D eigenvalue weighted by molar-refractivity contribution is 5.67. The van der Waals surface area contributed by atoms with Crippen LogP contribution in [0.2, 0.25) is 0 Å². The minimum absolute atomic E-state index is 0.274. The van der Waals surface area contributed by atoms with Crippen molar-refractivity contribution in [3.63, 3.8) is 0 Å². The van der Waals surface area contributed by atoms with Crippen LogP contribution in [0.5, 0.6) is 11.6 Å². The Hall–Kier alpha value is -4.69. The van der Waals surface area contributed by atoms with Gasteiger partial charge in [0.2, 0.25) is 5.95 Å². The summed E-state index contributed by atoms with van der Waals surface area (Å²) in [7, 11) is 1.66. The molecule has 5 heterocycles. The van der Waals surface area contributed by atoms with Crippen LogP contribution in [-0.2, 0) is 20.8 Å². The smallest absolute Gasteiger partial charge is 0.256 e. The van der Waals surface area contributed by atoms with Gasteiger partial charge >= 0.3 is 0 Å². The number of nitriles is 1. The van der Waals surface area contributed by atoms with E-state index < -0.39 is 0 Å². The molecule has 3 atom stereocenters. The van der Waals surface area contributed by atoms with Gasteiger partial charge in [-0.3, -0.25) is 9.58 Å². The normalized spacial score (nSPS) is 22.2. The first-order valence-electron chi connectivity index (χ1n) is 18.2. The number of fused-ring (bicyclic) bond motifs is 2. The number of rotatable bonds is 17. The molecule has 276 valence electrons. The van der Waals surface area contributed by atoms with Crippen LogP contribution in [-0.4, -0.2) is 116 Å². The second-order valence-corrected chi connectivity index (χ2v) is 13.7. The lowest BCUT2D eigenvalue weighted by molar-refractivity contribution is -0.0458. The Bertz CT molecular complexity index is 1740. The lowest BCUT2D eigenvalue weighted by Crippen LogP contribution is -2.52. The summed E-state index contributed by atoms with van der Waals surface area (Å²) < 4.78 is 32.5. The predicted octanol–water partition coefficient (Wildman–Crippen LogP) is 4.19. The highest BCUT2D eigenvalue weighted by Crippen LogP contribution is 2.39. The maximum absolute atomic E-state index is 9.70. The van der Waals surface area contributed by atoms with Gasteiger partial charge < -0.3 is 29.0 Å². The van der Waals surface area contributed by atoms with E-state index in [0.717, 1.165) is 56.4 Å². The molecule has 2 saturated heterocycles. The fraction of sp³-hybridized carbons (Fsp3) is 0.583. The first-order valence-corrected chi connectivity index (χ1v) is 18.2. The van der Waals surface area contributed by atoms with E-state index in [1.165, 1.54) is 19.2 Å². The number of aromatic nitrogens is 8. The van der Waals surface area contributed by atoms with E-state index in [4.69, 9.17) is 28.8 Å². The van der Waals surface area contributed by atoms with Gasteiger partial charge in [-0.15, -0.1) is 10.2 Å². The number of nitrogens with one attached hydrogen (secondary N) is 1. The second kappa shape index (κ2) is 17.2. The zero-order chi connectivity index (χ0) is 35.7.